The third-order valence-corrected chi connectivity index (χ3v) is 5.41. The highest BCUT2D eigenvalue weighted by Crippen LogP contribution is 2.29. The minimum absolute atomic E-state index is 0.152. The first kappa shape index (κ1) is 20.6. The van der Waals surface area contributed by atoms with Crippen molar-refractivity contribution in [3.05, 3.63) is 89.5 Å². The molecule has 0 aliphatic heterocycles. The van der Waals surface area contributed by atoms with Crippen LogP contribution >= 0.6 is 0 Å². The molecule has 0 aliphatic rings. The largest absolute Gasteiger partial charge is 0.490 e. The molecule has 0 spiro atoms. The minimum Gasteiger partial charge on any atom is -0.490 e. The van der Waals surface area contributed by atoms with Gasteiger partial charge in [0, 0.05) is 6.21 Å². The van der Waals surface area contributed by atoms with Crippen molar-refractivity contribution in [2.45, 2.75) is 25.3 Å². The van der Waals surface area contributed by atoms with Crippen molar-refractivity contribution in [3.8, 4) is 11.5 Å². The summed E-state index contributed by atoms with van der Waals surface area (Å²) < 4.78 is 40.0. The molecule has 0 radical (unpaired) electrons. The Balaban J connectivity index is 1.77. The maximum atomic E-state index is 12.3. The van der Waals surface area contributed by atoms with E-state index in [1.807, 2.05) is 38.1 Å². The van der Waals surface area contributed by atoms with Gasteiger partial charge < -0.3 is 9.47 Å². The van der Waals surface area contributed by atoms with E-state index in [2.05, 4.69) is 4.40 Å². The summed E-state index contributed by atoms with van der Waals surface area (Å²) in [7, 11) is -3.75. The second kappa shape index (κ2) is 9.39. The molecule has 0 atom stereocenters. The number of sulfonamides is 1. The van der Waals surface area contributed by atoms with Gasteiger partial charge in [0.15, 0.2) is 11.5 Å². The first-order chi connectivity index (χ1) is 14.0. The van der Waals surface area contributed by atoms with E-state index in [-0.39, 0.29) is 4.90 Å². The lowest BCUT2D eigenvalue weighted by molar-refractivity contribution is 0.269. The summed E-state index contributed by atoms with van der Waals surface area (Å²) in [5.74, 6) is 1.14. The molecule has 0 amide bonds. The Labute approximate surface area is 171 Å². The third-order valence-electron chi connectivity index (χ3n) is 4.16. The Morgan fingerprint density at radius 2 is 1.62 bits per heavy atom. The van der Waals surface area contributed by atoms with Crippen molar-refractivity contribution in [2.24, 2.45) is 4.40 Å². The van der Waals surface area contributed by atoms with Crippen LogP contribution in [0.15, 0.2) is 82.1 Å². The monoisotopic (exact) mass is 409 g/mol. The SMILES string of the molecule is CCOc1cc(/C=N\S(=O)(=O)c2ccccc2)ccc1OCc1ccc(C)cc1. The van der Waals surface area contributed by atoms with Crippen LogP contribution in [0.1, 0.15) is 23.6 Å². The zero-order chi connectivity index (χ0) is 20.7. The molecule has 0 saturated heterocycles. The van der Waals surface area contributed by atoms with Crippen molar-refractivity contribution >= 4 is 16.2 Å². The molecule has 5 nitrogen and oxygen atoms in total. The predicted octanol–water partition coefficient (Wildman–Crippen LogP) is 4.78. The van der Waals surface area contributed by atoms with Gasteiger partial charge in [-0.2, -0.15) is 12.8 Å². The molecule has 3 aromatic rings. The average Bonchev–Trinajstić information content (AvgIpc) is 2.74. The molecule has 0 saturated carbocycles. The first-order valence-corrected chi connectivity index (χ1v) is 10.7. The number of aryl methyl sites for hydroxylation is 1. The summed E-state index contributed by atoms with van der Waals surface area (Å²) in [6.45, 7) is 4.79. The Morgan fingerprint density at radius 1 is 0.897 bits per heavy atom. The van der Waals surface area contributed by atoms with Crippen LogP contribution in [0, 0.1) is 6.92 Å². The topological polar surface area (TPSA) is 65.0 Å². The number of ether oxygens (including phenoxy) is 2. The van der Waals surface area contributed by atoms with Crippen molar-refractivity contribution in [1.82, 2.24) is 0 Å². The van der Waals surface area contributed by atoms with E-state index >= 15 is 0 Å². The highest BCUT2D eigenvalue weighted by Gasteiger charge is 2.11. The number of rotatable bonds is 8. The summed E-state index contributed by atoms with van der Waals surface area (Å²) in [4.78, 5) is 0.152. The standard InChI is InChI=1S/C23H23NO4S/c1-3-27-23-15-20(16-24-29(25,26)21-7-5-4-6-8-21)13-14-22(23)28-17-19-11-9-18(2)10-12-19/h4-16H,3,17H2,1-2H3/b24-16-. The van der Waals surface area contributed by atoms with E-state index in [0.29, 0.717) is 30.3 Å². The van der Waals surface area contributed by atoms with Gasteiger partial charge >= 0.3 is 0 Å². The first-order valence-electron chi connectivity index (χ1n) is 9.28. The molecule has 3 aromatic carbocycles. The fraction of sp³-hybridized carbons (Fsp3) is 0.174. The van der Waals surface area contributed by atoms with Crippen LogP contribution < -0.4 is 9.47 Å². The molecule has 0 aliphatic carbocycles. The van der Waals surface area contributed by atoms with E-state index in [9.17, 15) is 8.42 Å². The Morgan fingerprint density at radius 3 is 2.31 bits per heavy atom. The molecule has 0 N–H and O–H groups in total. The Kier molecular flexibility index (Phi) is 6.67. The number of benzene rings is 3. The van der Waals surface area contributed by atoms with Gasteiger partial charge in [-0.1, -0.05) is 48.0 Å². The summed E-state index contributed by atoms with van der Waals surface area (Å²) in [5, 5.41) is 0. The van der Waals surface area contributed by atoms with Crippen LogP contribution in [0.5, 0.6) is 11.5 Å². The van der Waals surface area contributed by atoms with Crippen LogP contribution in [0.2, 0.25) is 0 Å². The fourth-order valence-corrected chi connectivity index (χ4v) is 3.50. The molecule has 0 aromatic heterocycles. The van der Waals surface area contributed by atoms with Crippen LogP contribution in [0.3, 0.4) is 0 Å². The Bertz CT molecular complexity index is 1080. The lowest BCUT2D eigenvalue weighted by Gasteiger charge is -2.12. The maximum Gasteiger partial charge on any atom is 0.282 e. The fourth-order valence-electron chi connectivity index (χ4n) is 2.62. The van der Waals surface area contributed by atoms with Crippen LogP contribution in [-0.4, -0.2) is 21.2 Å². The Hall–Kier alpha value is -3.12. The van der Waals surface area contributed by atoms with E-state index in [4.69, 9.17) is 9.47 Å². The van der Waals surface area contributed by atoms with Crippen LogP contribution in [0.25, 0.3) is 0 Å². The smallest absolute Gasteiger partial charge is 0.282 e. The molecule has 3 rings (SSSR count). The molecule has 29 heavy (non-hydrogen) atoms. The van der Waals surface area contributed by atoms with Gasteiger partial charge in [0.2, 0.25) is 0 Å². The molecule has 0 fully saturated rings. The van der Waals surface area contributed by atoms with Crippen molar-refractivity contribution < 1.29 is 17.9 Å². The lowest BCUT2D eigenvalue weighted by atomic mass is 10.2. The molecular formula is C23H23NO4S. The summed E-state index contributed by atoms with van der Waals surface area (Å²) >= 11 is 0. The van der Waals surface area contributed by atoms with Gasteiger partial charge in [0.05, 0.1) is 11.5 Å². The quantitative estimate of drug-likeness (QED) is 0.502. The van der Waals surface area contributed by atoms with Gasteiger partial charge in [0.25, 0.3) is 10.0 Å². The summed E-state index contributed by atoms with van der Waals surface area (Å²) in [5.41, 5.74) is 2.85. The lowest BCUT2D eigenvalue weighted by Crippen LogP contribution is -2.01. The van der Waals surface area contributed by atoms with E-state index in [0.717, 1.165) is 5.56 Å². The second-order valence-electron chi connectivity index (χ2n) is 6.44. The summed E-state index contributed by atoms with van der Waals surface area (Å²) in [6.07, 6.45) is 1.31. The predicted molar refractivity (Wildman–Crippen MR) is 114 cm³/mol. The van der Waals surface area contributed by atoms with E-state index in [1.54, 1.807) is 36.4 Å². The molecule has 150 valence electrons. The molecule has 0 heterocycles. The van der Waals surface area contributed by atoms with Crippen molar-refractivity contribution in [1.29, 1.82) is 0 Å². The van der Waals surface area contributed by atoms with Crippen LogP contribution in [-0.2, 0) is 16.6 Å². The normalized spacial score (nSPS) is 11.5. The third kappa shape index (κ3) is 5.68. The summed E-state index contributed by atoms with van der Waals surface area (Å²) in [6, 6.07) is 21.4. The molecule has 0 bridgehead atoms. The van der Waals surface area contributed by atoms with Gasteiger partial charge in [-0.25, -0.2) is 0 Å². The number of hydrogen-bond acceptors (Lipinski definition) is 4. The van der Waals surface area contributed by atoms with Gasteiger partial charge in [-0.05, 0) is 55.3 Å². The average molecular weight is 410 g/mol. The van der Waals surface area contributed by atoms with Crippen molar-refractivity contribution in [2.75, 3.05) is 6.61 Å². The highest BCUT2D eigenvalue weighted by molar-refractivity contribution is 7.90. The van der Waals surface area contributed by atoms with E-state index < -0.39 is 10.0 Å². The zero-order valence-electron chi connectivity index (χ0n) is 16.4. The molecule has 6 heteroatoms. The second-order valence-corrected chi connectivity index (χ2v) is 8.07. The zero-order valence-corrected chi connectivity index (χ0v) is 17.2. The maximum absolute atomic E-state index is 12.3. The van der Waals surface area contributed by atoms with Gasteiger partial charge in [0.1, 0.15) is 6.61 Å². The molecule has 0 unspecified atom stereocenters. The van der Waals surface area contributed by atoms with E-state index in [1.165, 1.54) is 23.9 Å². The van der Waals surface area contributed by atoms with Gasteiger partial charge in [-0.3, -0.25) is 0 Å². The van der Waals surface area contributed by atoms with Gasteiger partial charge in [-0.15, -0.1) is 0 Å². The van der Waals surface area contributed by atoms with Crippen molar-refractivity contribution in [3.63, 3.8) is 0 Å². The highest BCUT2D eigenvalue weighted by atomic mass is 32.2. The van der Waals surface area contributed by atoms with Crippen LogP contribution in [0.4, 0.5) is 0 Å². The minimum atomic E-state index is -3.75. The molecular weight excluding hydrogens is 386 g/mol. The number of nitrogens with zero attached hydrogens (tertiary/aromatic N) is 1. The number of hydrogen-bond donors (Lipinski definition) is 0.